The molecule has 0 unspecified atom stereocenters. The zero-order valence-electron chi connectivity index (χ0n) is 29.5. The molecule has 0 spiro atoms. The number of amides is 3. The van der Waals surface area contributed by atoms with E-state index in [9.17, 15) is 75.7 Å². The molecule has 3 saturated heterocycles. The Bertz CT molecular complexity index is 1210. The van der Waals surface area contributed by atoms with Gasteiger partial charge in [0, 0.05) is 20.8 Å². The highest BCUT2D eigenvalue weighted by atomic mass is 16.7. The van der Waals surface area contributed by atoms with E-state index in [1.54, 1.807) is 0 Å². The maximum Gasteiger partial charge on any atom is 0.217 e. The predicted octanol–water partition coefficient (Wildman–Crippen LogP) is -9.68. The van der Waals surface area contributed by atoms with Gasteiger partial charge in [-0.2, -0.15) is 0 Å². The topological polar surface area (TPSA) is 385 Å². The van der Waals surface area contributed by atoms with Crippen molar-refractivity contribution < 1.29 is 104 Å². The molecule has 54 heavy (non-hydrogen) atoms. The minimum atomic E-state index is -2.08. The van der Waals surface area contributed by atoms with Gasteiger partial charge in [-0.15, -0.1) is 0 Å². The normalized spacial score (nSPS) is 39.5. The lowest BCUT2D eigenvalue weighted by atomic mass is 9.94. The van der Waals surface area contributed by atoms with Gasteiger partial charge in [0.1, 0.15) is 91.4 Å². The SMILES string of the molecule is CC(=O)N[C@H]1[C@H](OC[C@H]2O[C@H](O[C@@H]([C@@H](O)[C@H](O)CO)[C@H](CO)NC(C)=O)[C@H](NC(C)=O)[C@@H](O[C@@H]3O[C@H](CO)[C@H](O)[C@H](O)[C@H]3O)[C@H]2O)O[C@H](CO)[C@@H](O)[C@@H]1O. The van der Waals surface area contributed by atoms with E-state index in [1.165, 1.54) is 0 Å². The average Bonchev–Trinajstić information content (AvgIpc) is 3.12. The molecule has 0 aromatic heterocycles. The quantitative estimate of drug-likeness (QED) is 0.0650. The first-order valence-corrected chi connectivity index (χ1v) is 17.0. The van der Waals surface area contributed by atoms with Gasteiger partial charge in [-0.1, -0.05) is 0 Å². The van der Waals surface area contributed by atoms with Crippen LogP contribution in [0.4, 0.5) is 0 Å². The number of carbonyl (C=O) groups is 3. The van der Waals surface area contributed by atoms with Gasteiger partial charge in [0.2, 0.25) is 17.7 Å². The standard InChI is InChI=1S/C30H53N3O21/c1-9(38)31-12(4-34)26(19(42)13(41)5-35)53-29-18(33-11(3)40)27(54-30-25(48)24(47)21(44)15(7-37)51-30)22(45)16(52-29)8-49-28-17(32-10(2)39)23(46)20(43)14(6-36)50-28/h12-30,34-37,41-48H,4-8H2,1-3H3,(H,31,38)(H,32,39)(H,33,40)/t12-,13+,14+,15+,16+,17+,18+,19-,20+,21-,22-,23+,24-,25+,26+,27+,28+,29+,30-/m0/s1. The van der Waals surface area contributed by atoms with Crippen LogP contribution in [0.25, 0.3) is 0 Å². The van der Waals surface area contributed by atoms with Crippen LogP contribution < -0.4 is 16.0 Å². The van der Waals surface area contributed by atoms with Gasteiger partial charge in [-0.05, 0) is 0 Å². The molecule has 19 atom stereocenters. The van der Waals surface area contributed by atoms with Gasteiger partial charge in [0.15, 0.2) is 18.9 Å². The molecule has 0 aromatic carbocycles. The fourth-order valence-corrected chi connectivity index (χ4v) is 6.25. The average molecular weight is 792 g/mol. The first-order chi connectivity index (χ1) is 25.4. The molecule has 24 heteroatoms. The second-order valence-corrected chi connectivity index (χ2v) is 13.2. The molecule has 3 rings (SSSR count). The molecule has 3 fully saturated rings. The molecule has 0 saturated carbocycles. The van der Waals surface area contributed by atoms with E-state index in [1.807, 2.05) is 0 Å². The number of hydrogen-bond donors (Lipinski definition) is 15. The Balaban J connectivity index is 2.08. The van der Waals surface area contributed by atoms with Crippen molar-refractivity contribution in [2.45, 2.75) is 137 Å². The van der Waals surface area contributed by atoms with Crippen molar-refractivity contribution >= 4 is 17.7 Å². The van der Waals surface area contributed by atoms with E-state index >= 15 is 0 Å². The lowest BCUT2D eigenvalue weighted by Gasteiger charge is -2.49. The molecular formula is C30H53N3O21. The predicted molar refractivity (Wildman–Crippen MR) is 171 cm³/mol. The van der Waals surface area contributed by atoms with Gasteiger partial charge in [0.05, 0.1) is 39.1 Å². The van der Waals surface area contributed by atoms with Crippen LogP contribution in [-0.2, 0) is 42.8 Å². The van der Waals surface area contributed by atoms with Crippen molar-refractivity contribution in [1.82, 2.24) is 16.0 Å². The monoisotopic (exact) mass is 791 g/mol. The van der Waals surface area contributed by atoms with Crippen molar-refractivity contribution in [2.24, 2.45) is 0 Å². The first-order valence-electron chi connectivity index (χ1n) is 17.0. The summed E-state index contributed by atoms with van der Waals surface area (Å²) in [5, 5.41) is 132. The Hall–Kier alpha value is -2.31. The molecule has 24 nitrogen and oxygen atoms in total. The van der Waals surface area contributed by atoms with E-state index in [0.717, 1.165) is 20.8 Å². The van der Waals surface area contributed by atoms with Gasteiger partial charge in [0.25, 0.3) is 0 Å². The fourth-order valence-electron chi connectivity index (χ4n) is 6.25. The zero-order chi connectivity index (χ0) is 40.6. The molecule has 3 aliphatic rings. The summed E-state index contributed by atoms with van der Waals surface area (Å²) >= 11 is 0. The molecule has 3 aliphatic heterocycles. The summed E-state index contributed by atoms with van der Waals surface area (Å²) < 4.78 is 34.6. The summed E-state index contributed by atoms with van der Waals surface area (Å²) in [6.45, 7) is -1.26. The Morgan fingerprint density at radius 3 is 1.69 bits per heavy atom. The van der Waals surface area contributed by atoms with E-state index in [-0.39, 0.29) is 0 Å². The van der Waals surface area contributed by atoms with E-state index < -0.39 is 167 Å². The largest absolute Gasteiger partial charge is 0.394 e. The van der Waals surface area contributed by atoms with Gasteiger partial charge >= 0.3 is 0 Å². The van der Waals surface area contributed by atoms with Crippen LogP contribution in [-0.4, -0.2) is 228 Å². The fraction of sp³-hybridized carbons (Fsp3) is 0.900. The minimum Gasteiger partial charge on any atom is -0.394 e. The van der Waals surface area contributed by atoms with Crippen LogP contribution in [0.15, 0.2) is 0 Å². The Labute approximate surface area is 308 Å². The molecule has 3 amide bonds. The summed E-state index contributed by atoms with van der Waals surface area (Å²) in [5.74, 6) is -2.24. The van der Waals surface area contributed by atoms with Crippen LogP contribution >= 0.6 is 0 Å². The zero-order valence-corrected chi connectivity index (χ0v) is 29.5. The molecule has 0 aromatic rings. The summed E-state index contributed by atoms with van der Waals surface area (Å²) in [6.07, 6.45) is -29.0. The first kappa shape index (κ1) is 46.1. The Morgan fingerprint density at radius 2 is 1.17 bits per heavy atom. The lowest BCUT2D eigenvalue weighted by molar-refractivity contribution is -0.355. The van der Waals surface area contributed by atoms with Crippen molar-refractivity contribution in [3.8, 4) is 0 Å². The van der Waals surface area contributed by atoms with Crippen molar-refractivity contribution in [3.05, 3.63) is 0 Å². The number of nitrogens with one attached hydrogen (secondary N) is 3. The maximum atomic E-state index is 12.5. The van der Waals surface area contributed by atoms with E-state index in [0.29, 0.717) is 0 Å². The molecule has 3 heterocycles. The molecule has 0 radical (unpaired) electrons. The van der Waals surface area contributed by atoms with Crippen LogP contribution in [0, 0.1) is 0 Å². The van der Waals surface area contributed by atoms with Crippen molar-refractivity contribution in [2.75, 3.05) is 33.0 Å². The highest BCUT2D eigenvalue weighted by Gasteiger charge is 2.54. The summed E-state index contributed by atoms with van der Waals surface area (Å²) in [6, 6.07) is -4.68. The Morgan fingerprint density at radius 1 is 0.630 bits per heavy atom. The summed E-state index contributed by atoms with van der Waals surface area (Å²) in [7, 11) is 0. The number of carbonyl (C=O) groups excluding carboxylic acids is 3. The van der Waals surface area contributed by atoms with Gasteiger partial charge in [-0.25, -0.2) is 0 Å². The molecule has 15 N–H and O–H groups in total. The maximum absolute atomic E-state index is 12.5. The summed E-state index contributed by atoms with van der Waals surface area (Å²) in [5.41, 5.74) is 0. The third-order valence-corrected chi connectivity index (χ3v) is 9.05. The number of rotatable bonds is 17. The molecular weight excluding hydrogens is 738 g/mol. The van der Waals surface area contributed by atoms with Crippen LogP contribution in [0.1, 0.15) is 20.8 Å². The van der Waals surface area contributed by atoms with E-state index in [4.69, 9.17) is 28.4 Å². The van der Waals surface area contributed by atoms with Gasteiger partial charge < -0.3 is 106 Å². The van der Waals surface area contributed by atoms with Crippen LogP contribution in [0.5, 0.6) is 0 Å². The third kappa shape index (κ3) is 11.2. The number of aliphatic hydroxyl groups excluding tert-OH is 12. The molecule has 0 aliphatic carbocycles. The lowest BCUT2D eigenvalue weighted by Crippen LogP contribution is -2.70. The van der Waals surface area contributed by atoms with Crippen LogP contribution in [0.2, 0.25) is 0 Å². The van der Waals surface area contributed by atoms with Gasteiger partial charge in [-0.3, -0.25) is 14.4 Å². The minimum absolute atomic E-state index is 0.688. The number of aliphatic hydroxyl groups is 12. The van der Waals surface area contributed by atoms with E-state index in [2.05, 4.69) is 16.0 Å². The number of hydrogen-bond acceptors (Lipinski definition) is 21. The second kappa shape index (κ2) is 20.7. The smallest absolute Gasteiger partial charge is 0.217 e. The molecule has 314 valence electrons. The molecule has 0 bridgehead atoms. The third-order valence-electron chi connectivity index (χ3n) is 9.05. The van der Waals surface area contributed by atoms with Crippen molar-refractivity contribution in [3.63, 3.8) is 0 Å². The summed E-state index contributed by atoms with van der Waals surface area (Å²) in [4.78, 5) is 36.4. The van der Waals surface area contributed by atoms with Crippen LogP contribution in [0.3, 0.4) is 0 Å². The highest BCUT2D eigenvalue weighted by molar-refractivity contribution is 5.74. The highest BCUT2D eigenvalue weighted by Crippen LogP contribution is 2.32. The Kier molecular flexibility index (Phi) is 17.7. The van der Waals surface area contributed by atoms with Crippen molar-refractivity contribution in [1.29, 1.82) is 0 Å². The second-order valence-electron chi connectivity index (χ2n) is 13.2. The number of ether oxygens (including phenoxy) is 6.